The van der Waals surface area contributed by atoms with Gasteiger partial charge in [-0.15, -0.1) is 11.3 Å². The largest absolute Gasteiger partial charge is 0.389 e. The third-order valence-electron chi connectivity index (χ3n) is 4.43. The SMILES string of the molecule is CCc1ccc(CNCC2(O)CCC(CC)CC2)s1. The zero-order chi connectivity index (χ0) is 13.7. The fraction of sp³-hybridized carbons (Fsp3) is 0.750. The molecule has 0 aromatic carbocycles. The molecular weight excluding hydrogens is 254 g/mol. The second kappa shape index (κ2) is 6.87. The van der Waals surface area contributed by atoms with Crippen LogP contribution in [0.1, 0.15) is 55.7 Å². The fourth-order valence-corrected chi connectivity index (χ4v) is 3.85. The molecule has 1 saturated carbocycles. The molecule has 1 aromatic rings. The number of aryl methyl sites for hydroxylation is 1. The van der Waals surface area contributed by atoms with Crippen molar-refractivity contribution >= 4 is 11.3 Å². The Balaban J connectivity index is 1.73. The van der Waals surface area contributed by atoms with Gasteiger partial charge in [-0.25, -0.2) is 0 Å². The molecule has 1 heterocycles. The molecule has 1 aromatic heterocycles. The molecule has 1 aliphatic carbocycles. The fourth-order valence-electron chi connectivity index (χ4n) is 2.93. The quantitative estimate of drug-likeness (QED) is 0.832. The molecule has 19 heavy (non-hydrogen) atoms. The van der Waals surface area contributed by atoms with E-state index >= 15 is 0 Å². The predicted molar refractivity (Wildman–Crippen MR) is 82.6 cm³/mol. The van der Waals surface area contributed by atoms with E-state index in [-0.39, 0.29) is 0 Å². The Morgan fingerprint density at radius 1 is 1.26 bits per heavy atom. The maximum atomic E-state index is 10.6. The average Bonchev–Trinajstić information content (AvgIpc) is 2.87. The van der Waals surface area contributed by atoms with Crippen LogP contribution in [0, 0.1) is 5.92 Å². The highest BCUT2D eigenvalue weighted by atomic mass is 32.1. The van der Waals surface area contributed by atoms with E-state index in [4.69, 9.17) is 0 Å². The summed E-state index contributed by atoms with van der Waals surface area (Å²) in [6.07, 6.45) is 6.68. The zero-order valence-electron chi connectivity index (χ0n) is 12.2. The average molecular weight is 281 g/mol. The molecule has 1 aliphatic rings. The lowest BCUT2D eigenvalue weighted by molar-refractivity contribution is -0.00876. The molecule has 0 saturated heterocycles. The molecule has 0 radical (unpaired) electrons. The van der Waals surface area contributed by atoms with E-state index in [2.05, 4.69) is 31.3 Å². The van der Waals surface area contributed by atoms with E-state index in [1.165, 1.54) is 29.0 Å². The van der Waals surface area contributed by atoms with Crippen molar-refractivity contribution in [2.45, 2.75) is 64.5 Å². The number of rotatable bonds is 6. The van der Waals surface area contributed by atoms with E-state index in [1.807, 2.05) is 11.3 Å². The van der Waals surface area contributed by atoms with Crippen LogP contribution in [0.5, 0.6) is 0 Å². The smallest absolute Gasteiger partial charge is 0.0771 e. The first-order valence-corrected chi connectivity index (χ1v) is 8.47. The third kappa shape index (κ3) is 4.30. The lowest BCUT2D eigenvalue weighted by atomic mass is 9.78. The lowest BCUT2D eigenvalue weighted by Crippen LogP contribution is -2.43. The molecule has 0 spiro atoms. The molecule has 0 amide bonds. The minimum absolute atomic E-state index is 0.462. The maximum absolute atomic E-state index is 10.6. The van der Waals surface area contributed by atoms with Crippen molar-refractivity contribution in [1.29, 1.82) is 0 Å². The van der Waals surface area contributed by atoms with Gasteiger partial charge in [-0.1, -0.05) is 20.3 Å². The summed E-state index contributed by atoms with van der Waals surface area (Å²) in [5, 5.41) is 14.0. The summed E-state index contributed by atoms with van der Waals surface area (Å²) in [6, 6.07) is 4.41. The van der Waals surface area contributed by atoms with Gasteiger partial charge in [0.05, 0.1) is 5.60 Å². The van der Waals surface area contributed by atoms with Gasteiger partial charge in [0, 0.05) is 22.8 Å². The summed E-state index contributed by atoms with van der Waals surface area (Å²) >= 11 is 1.88. The molecule has 0 atom stereocenters. The van der Waals surface area contributed by atoms with Crippen LogP contribution in [0.2, 0.25) is 0 Å². The normalized spacial score (nSPS) is 27.6. The van der Waals surface area contributed by atoms with E-state index in [0.29, 0.717) is 0 Å². The molecule has 2 rings (SSSR count). The number of hydrogen-bond acceptors (Lipinski definition) is 3. The highest BCUT2D eigenvalue weighted by Crippen LogP contribution is 2.33. The Kier molecular flexibility index (Phi) is 5.43. The zero-order valence-corrected chi connectivity index (χ0v) is 13.1. The summed E-state index contributed by atoms with van der Waals surface area (Å²) in [5.41, 5.74) is -0.462. The van der Waals surface area contributed by atoms with Crippen molar-refractivity contribution in [2.75, 3.05) is 6.54 Å². The monoisotopic (exact) mass is 281 g/mol. The van der Waals surface area contributed by atoms with Gasteiger partial charge in [-0.2, -0.15) is 0 Å². The molecule has 0 unspecified atom stereocenters. The summed E-state index contributed by atoms with van der Waals surface area (Å²) in [4.78, 5) is 2.82. The highest BCUT2D eigenvalue weighted by molar-refractivity contribution is 7.11. The van der Waals surface area contributed by atoms with Crippen molar-refractivity contribution in [2.24, 2.45) is 5.92 Å². The Labute approximate surface area is 121 Å². The molecule has 0 bridgehead atoms. The Morgan fingerprint density at radius 2 is 1.95 bits per heavy atom. The minimum Gasteiger partial charge on any atom is -0.389 e. The maximum Gasteiger partial charge on any atom is 0.0771 e. The molecular formula is C16H27NOS. The van der Waals surface area contributed by atoms with Gasteiger partial charge >= 0.3 is 0 Å². The summed E-state index contributed by atoms with van der Waals surface area (Å²) < 4.78 is 0. The molecule has 1 fully saturated rings. The van der Waals surface area contributed by atoms with Crippen LogP contribution in [-0.4, -0.2) is 17.3 Å². The van der Waals surface area contributed by atoms with Crippen LogP contribution in [-0.2, 0) is 13.0 Å². The first-order chi connectivity index (χ1) is 9.15. The highest BCUT2D eigenvalue weighted by Gasteiger charge is 2.32. The lowest BCUT2D eigenvalue weighted by Gasteiger charge is -2.36. The van der Waals surface area contributed by atoms with Gasteiger partial charge in [0.2, 0.25) is 0 Å². The van der Waals surface area contributed by atoms with Crippen molar-refractivity contribution in [3.05, 3.63) is 21.9 Å². The number of thiophene rings is 1. The summed E-state index contributed by atoms with van der Waals surface area (Å²) in [6.45, 7) is 6.08. The summed E-state index contributed by atoms with van der Waals surface area (Å²) in [5.74, 6) is 0.838. The van der Waals surface area contributed by atoms with Crippen LogP contribution in [0.25, 0.3) is 0 Å². The standard InChI is InChI=1S/C16H27NOS/c1-3-13-7-9-16(18,10-8-13)12-17-11-15-6-5-14(4-2)19-15/h5-6,13,17-18H,3-4,7-12H2,1-2H3. The van der Waals surface area contributed by atoms with Crippen LogP contribution < -0.4 is 5.32 Å². The van der Waals surface area contributed by atoms with Gasteiger partial charge in [0.15, 0.2) is 0 Å². The van der Waals surface area contributed by atoms with E-state index < -0.39 is 5.60 Å². The van der Waals surface area contributed by atoms with Gasteiger partial charge in [0.25, 0.3) is 0 Å². The van der Waals surface area contributed by atoms with Crippen LogP contribution in [0.4, 0.5) is 0 Å². The van der Waals surface area contributed by atoms with Gasteiger partial charge in [-0.3, -0.25) is 0 Å². The third-order valence-corrected chi connectivity index (χ3v) is 5.66. The minimum atomic E-state index is -0.462. The van der Waals surface area contributed by atoms with Crippen molar-refractivity contribution in [3.63, 3.8) is 0 Å². The number of hydrogen-bond donors (Lipinski definition) is 2. The van der Waals surface area contributed by atoms with Crippen LogP contribution in [0.15, 0.2) is 12.1 Å². The van der Waals surface area contributed by atoms with Crippen LogP contribution >= 0.6 is 11.3 Å². The van der Waals surface area contributed by atoms with E-state index in [1.54, 1.807) is 0 Å². The number of nitrogens with one attached hydrogen (secondary N) is 1. The second-order valence-corrected chi connectivity index (χ2v) is 7.15. The van der Waals surface area contributed by atoms with Gasteiger partial charge in [0.1, 0.15) is 0 Å². The summed E-state index contributed by atoms with van der Waals surface area (Å²) in [7, 11) is 0. The van der Waals surface area contributed by atoms with Crippen molar-refractivity contribution < 1.29 is 5.11 Å². The molecule has 2 N–H and O–H groups in total. The van der Waals surface area contributed by atoms with Crippen LogP contribution in [0.3, 0.4) is 0 Å². The number of aliphatic hydroxyl groups is 1. The first kappa shape index (κ1) is 15.0. The Hall–Kier alpha value is -0.380. The van der Waals surface area contributed by atoms with Crippen molar-refractivity contribution in [1.82, 2.24) is 5.32 Å². The second-order valence-electron chi connectivity index (χ2n) is 5.90. The van der Waals surface area contributed by atoms with E-state index in [0.717, 1.165) is 38.3 Å². The Morgan fingerprint density at radius 3 is 2.53 bits per heavy atom. The molecule has 108 valence electrons. The molecule has 2 nitrogen and oxygen atoms in total. The van der Waals surface area contributed by atoms with E-state index in [9.17, 15) is 5.11 Å². The van der Waals surface area contributed by atoms with Crippen molar-refractivity contribution in [3.8, 4) is 0 Å². The predicted octanol–water partition coefficient (Wildman–Crippen LogP) is 3.73. The van der Waals surface area contributed by atoms with Gasteiger partial charge in [-0.05, 0) is 50.2 Å². The molecule has 0 aliphatic heterocycles. The Bertz CT molecular complexity index is 380. The molecule has 3 heteroatoms. The van der Waals surface area contributed by atoms with Gasteiger partial charge < -0.3 is 10.4 Å². The topological polar surface area (TPSA) is 32.3 Å². The first-order valence-electron chi connectivity index (χ1n) is 7.66.